The molecule has 5 heterocycles. The summed E-state index contributed by atoms with van der Waals surface area (Å²) < 4.78 is 10.9. The van der Waals surface area contributed by atoms with Crippen LogP contribution in [0.25, 0.3) is 10.8 Å². The average Bonchev–Trinajstić information content (AvgIpc) is 3.66. The summed E-state index contributed by atoms with van der Waals surface area (Å²) in [6, 6.07) is 14.6. The molecule has 4 aliphatic heterocycles. The molecule has 51 heavy (non-hydrogen) atoms. The Labute approximate surface area is 308 Å². The number of carbonyl (C=O) groups excluding carboxylic acids is 1. The summed E-state index contributed by atoms with van der Waals surface area (Å²) in [5.74, 6) is 0.773. The minimum atomic E-state index is -0.242. The second-order valence-electron chi connectivity index (χ2n) is 13.1. The topological polar surface area (TPSA) is 101 Å². The van der Waals surface area contributed by atoms with Crippen molar-refractivity contribution in [3.05, 3.63) is 64.8 Å². The van der Waals surface area contributed by atoms with E-state index in [-0.39, 0.29) is 18.4 Å². The van der Waals surface area contributed by atoms with E-state index in [1.807, 2.05) is 37.0 Å². The molecule has 1 atom stereocenters. The van der Waals surface area contributed by atoms with Crippen LogP contribution in [0.15, 0.2) is 48.6 Å². The number of nitriles is 1. The highest BCUT2D eigenvalue weighted by atomic mass is 35.5. The van der Waals surface area contributed by atoms with Gasteiger partial charge >= 0.3 is 6.01 Å². The summed E-state index contributed by atoms with van der Waals surface area (Å²) in [6.45, 7) is 13.6. The Bertz CT molecular complexity index is 1660. The maximum absolute atomic E-state index is 13.2. The van der Waals surface area contributed by atoms with Gasteiger partial charge in [-0.25, -0.2) is 0 Å². The molecular formula is C39H53ClN8O3. The van der Waals surface area contributed by atoms with Crippen molar-refractivity contribution >= 4 is 39.8 Å². The zero-order valence-electron chi connectivity index (χ0n) is 30.7. The third-order valence-electron chi connectivity index (χ3n) is 9.83. The van der Waals surface area contributed by atoms with E-state index in [9.17, 15) is 10.1 Å². The van der Waals surface area contributed by atoms with Crippen LogP contribution in [0.5, 0.6) is 6.01 Å². The lowest BCUT2D eigenvalue weighted by atomic mass is 10.0. The summed E-state index contributed by atoms with van der Waals surface area (Å²) in [5.41, 5.74) is 3.08. The molecule has 4 aliphatic rings. The molecule has 0 unspecified atom stereocenters. The first-order chi connectivity index (χ1) is 24.9. The summed E-state index contributed by atoms with van der Waals surface area (Å²) in [5, 5.41) is 12.5. The first-order valence-electron chi connectivity index (χ1n) is 18.4. The minimum absolute atomic E-state index is 0.0557. The first kappa shape index (κ1) is 38.3. The number of morpholine rings is 1. The second-order valence-corrected chi connectivity index (χ2v) is 13.5. The van der Waals surface area contributed by atoms with Crippen molar-refractivity contribution in [3.63, 3.8) is 0 Å². The third-order valence-corrected chi connectivity index (χ3v) is 10.1. The number of rotatable bonds is 7. The van der Waals surface area contributed by atoms with Gasteiger partial charge in [-0.05, 0) is 56.9 Å². The summed E-state index contributed by atoms with van der Waals surface area (Å²) >= 11 is 6.65. The number of fused-ring (bicyclic) bond motifs is 2. The number of benzene rings is 2. The molecule has 1 amide bonds. The largest absolute Gasteiger partial charge is 0.467 e. The van der Waals surface area contributed by atoms with Crippen LogP contribution in [-0.2, 0) is 22.5 Å². The predicted octanol–water partition coefficient (Wildman–Crippen LogP) is 5.41. The summed E-state index contributed by atoms with van der Waals surface area (Å²) in [6.07, 6.45) is 7.40. The molecule has 0 spiro atoms. The summed E-state index contributed by atoms with van der Waals surface area (Å²) in [7, 11) is 3.75. The smallest absolute Gasteiger partial charge is 0.318 e. The van der Waals surface area contributed by atoms with Crippen LogP contribution >= 0.6 is 11.6 Å². The average molecular weight is 717 g/mol. The van der Waals surface area contributed by atoms with E-state index in [4.69, 9.17) is 31.0 Å². The lowest BCUT2D eigenvalue weighted by molar-refractivity contribution is -0.128. The standard InChI is InChI=1S/C32H36ClN7O3.C5H11N.C2H6/c1-42-32-35-27-22-38(28-8-3-6-23-5-2-7-26(33)30(23)28)14-11-25(27)31(36-32)39-15-16-40(24(21-39)10-12-34)29(41)9-4-13-37-17-19-43-20-18-37;1-6-4-2-3-5-6;1-2/h2-9,24H,10-11,13-22H2,1H3;2-5H2,1H3;1-2H3/b9-4+;;/t24-;;/m0../s1. The molecule has 0 radical (unpaired) electrons. The number of likely N-dealkylation sites (tertiary alicyclic amines) is 1. The lowest BCUT2D eigenvalue weighted by Gasteiger charge is -2.42. The number of piperazine rings is 1. The van der Waals surface area contributed by atoms with Crippen molar-refractivity contribution in [2.24, 2.45) is 0 Å². The van der Waals surface area contributed by atoms with Crippen LogP contribution in [0.4, 0.5) is 11.5 Å². The van der Waals surface area contributed by atoms with E-state index in [1.54, 1.807) is 13.2 Å². The minimum Gasteiger partial charge on any atom is -0.467 e. The zero-order chi connectivity index (χ0) is 36.2. The Morgan fingerprint density at radius 1 is 1.02 bits per heavy atom. The highest BCUT2D eigenvalue weighted by Gasteiger charge is 2.33. The molecule has 7 rings (SSSR count). The van der Waals surface area contributed by atoms with Crippen LogP contribution in [0.2, 0.25) is 5.02 Å². The van der Waals surface area contributed by atoms with E-state index in [0.29, 0.717) is 38.7 Å². The molecule has 0 bridgehead atoms. The van der Waals surface area contributed by atoms with Gasteiger partial charge < -0.3 is 29.1 Å². The molecule has 3 saturated heterocycles. The number of hydrogen-bond acceptors (Lipinski definition) is 10. The van der Waals surface area contributed by atoms with Gasteiger partial charge in [0, 0.05) is 68.5 Å². The van der Waals surface area contributed by atoms with Crippen molar-refractivity contribution in [2.75, 3.05) is 96.1 Å². The highest BCUT2D eigenvalue weighted by Crippen LogP contribution is 2.37. The molecule has 0 aliphatic carbocycles. The Hall–Kier alpha value is -3.95. The second kappa shape index (κ2) is 19.0. The van der Waals surface area contributed by atoms with E-state index < -0.39 is 0 Å². The molecule has 11 nitrogen and oxygen atoms in total. The van der Waals surface area contributed by atoms with Gasteiger partial charge in [-0.15, -0.1) is 0 Å². The van der Waals surface area contributed by atoms with Crippen molar-refractivity contribution in [1.29, 1.82) is 5.26 Å². The van der Waals surface area contributed by atoms with Crippen molar-refractivity contribution < 1.29 is 14.3 Å². The van der Waals surface area contributed by atoms with Gasteiger partial charge in [-0.2, -0.15) is 15.2 Å². The Balaban J connectivity index is 0.000000564. The molecule has 0 N–H and O–H groups in total. The fourth-order valence-electron chi connectivity index (χ4n) is 7.16. The van der Waals surface area contributed by atoms with E-state index in [1.165, 1.54) is 25.9 Å². The number of methoxy groups -OCH3 is 1. The maximum atomic E-state index is 13.2. The van der Waals surface area contributed by atoms with E-state index in [2.05, 4.69) is 57.0 Å². The van der Waals surface area contributed by atoms with E-state index in [0.717, 1.165) is 77.8 Å². The van der Waals surface area contributed by atoms with Gasteiger partial charge in [0.2, 0.25) is 5.91 Å². The van der Waals surface area contributed by atoms with Gasteiger partial charge in [-0.1, -0.05) is 55.8 Å². The van der Waals surface area contributed by atoms with Gasteiger partial charge in [0.25, 0.3) is 0 Å². The number of carbonyl (C=O) groups is 1. The molecule has 2 aromatic carbocycles. The van der Waals surface area contributed by atoms with E-state index >= 15 is 0 Å². The SMILES string of the molecule is CC.CN1CCCC1.COc1nc2c(c(N3CCN(C(=O)/C=C/CN4CCOCC4)[C@@H](CC#N)C3)n1)CCN(c1cccc3cccc(Cl)c13)C2. The Kier molecular flexibility index (Phi) is 14.3. The number of hydrogen-bond donors (Lipinski definition) is 0. The van der Waals surface area contributed by atoms with Crippen molar-refractivity contribution in [3.8, 4) is 12.1 Å². The fourth-order valence-corrected chi connectivity index (χ4v) is 7.44. The summed E-state index contributed by atoms with van der Waals surface area (Å²) in [4.78, 5) is 33.7. The van der Waals surface area contributed by atoms with Gasteiger partial charge in [0.15, 0.2) is 0 Å². The maximum Gasteiger partial charge on any atom is 0.318 e. The molecule has 1 aromatic heterocycles. The molecule has 3 aromatic rings. The number of anilines is 2. The monoisotopic (exact) mass is 716 g/mol. The Morgan fingerprint density at radius 2 is 1.76 bits per heavy atom. The van der Waals surface area contributed by atoms with Gasteiger partial charge in [-0.3, -0.25) is 9.69 Å². The van der Waals surface area contributed by atoms with Crippen molar-refractivity contribution in [2.45, 2.75) is 52.1 Å². The van der Waals surface area contributed by atoms with Crippen LogP contribution in [-0.4, -0.2) is 123 Å². The highest BCUT2D eigenvalue weighted by molar-refractivity contribution is 6.36. The number of amides is 1. The quantitative estimate of drug-likeness (QED) is 0.295. The number of nitrogens with zero attached hydrogens (tertiary/aromatic N) is 8. The number of halogens is 1. The fraction of sp³-hybridized carbons (Fsp3) is 0.538. The number of ether oxygens (including phenoxy) is 2. The van der Waals surface area contributed by atoms with Crippen LogP contribution in [0, 0.1) is 11.3 Å². The Morgan fingerprint density at radius 3 is 2.45 bits per heavy atom. The first-order valence-corrected chi connectivity index (χ1v) is 18.8. The molecule has 274 valence electrons. The molecule has 0 saturated carbocycles. The molecule has 12 heteroatoms. The third kappa shape index (κ3) is 9.69. The van der Waals surface area contributed by atoms with Gasteiger partial charge in [0.05, 0.1) is 56.1 Å². The number of aromatic nitrogens is 2. The van der Waals surface area contributed by atoms with Crippen LogP contribution < -0.4 is 14.5 Å². The molecular weight excluding hydrogens is 664 g/mol. The normalized spacial score (nSPS) is 19.5. The van der Waals surface area contributed by atoms with Crippen molar-refractivity contribution in [1.82, 2.24) is 24.7 Å². The van der Waals surface area contributed by atoms with Crippen LogP contribution in [0.1, 0.15) is 44.4 Å². The van der Waals surface area contributed by atoms with Gasteiger partial charge in [0.1, 0.15) is 5.82 Å². The molecule has 3 fully saturated rings. The van der Waals surface area contributed by atoms with Crippen LogP contribution in [0.3, 0.4) is 0 Å². The predicted molar refractivity (Wildman–Crippen MR) is 205 cm³/mol. The lowest BCUT2D eigenvalue weighted by Crippen LogP contribution is -2.55. The zero-order valence-corrected chi connectivity index (χ0v) is 31.4.